The molecule has 0 bridgehead atoms. The molecule has 1 aliphatic carbocycles. The van der Waals surface area contributed by atoms with Crippen molar-refractivity contribution in [1.82, 2.24) is 15.2 Å². The van der Waals surface area contributed by atoms with E-state index in [-0.39, 0.29) is 17.2 Å². The normalized spacial score (nSPS) is 14.9. The fourth-order valence-electron chi connectivity index (χ4n) is 3.36. The fourth-order valence-corrected chi connectivity index (χ4v) is 4.63. The van der Waals surface area contributed by atoms with E-state index in [2.05, 4.69) is 20.5 Å². The number of benzene rings is 1. The Bertz CT molecular complexity index is 1240. The Kier molecular flexibility index (Phi) is 5.64. The van der Waals surface area contributed by atoms with E-state index in [0.29, 0.717) is 45.3 Å². The summed E-state index contributed by atoms with van der Waals surface area (Å²) in [5.74, 6) is 0.0239. The van der Waals surface area contributed by atoms with Crippen LogP contribution in [0, 0.1) is 6.92 Å². The number of anilines is 1. The molecule has 4 rings (SSSR count). The minimum atomic E-state index is -4.52. The van der Waals surface area contributed by atoms with E-state index >= 15 is 0 Å². The van der Waals surface area contributed by atoms with Crippen molar-refractivity contribution >= 4 is 37.4 Å². The maximum absolute atomic E-state index is 13.8. The topological polar surface area (TPSA) is 111 Å². The summed E-state index contributed by atoms with van der Waals surface area (Å²) < 4.78 is 63.3. The molecule has 0 unspecified atom stereocenters. The first-order valence-electron chi connectivity index (χ1n) is 9.62. The standard InChI is InChI=1S/C19H20F3N5O2S2/c1-10-7-15(17-26-27-18(30-17)24-5-2-6-31(23,28)29)25-16-13(10)8-12(11-3-4-11)9-14(16)19(20,21)22/h7-9,11H,2-6H2,1H3,(H,24,27)(H2,23,28,29). The molecule has 0 radical (unpaired) electrons. The van der Waals surface area contributed by atoms with Crippen LogP contribution in [-0.4, -0.2) is 35.9 Å². The molecule has 0 atom stereocenters. The second kappa shape index (κ2) is 7.99. The number of rotatable bonds is 7. The highest BCUT2D eigenvalue weighted by Gasteiger charge is 2.36. The van der Waals surface area contributed by atoms with Crippen molar-refractivity contribution < 1.29 is 21.6 Å². The van der Waals surface area contributed by atoms with E-state index in [0.717, 1.165) is 24.2 Å². The average molecular weight is 472 g/mol. The Balaban J connectivity index is 1.65. The smallest absolute Gasteiger partial charge is 0.360 e. The van der Waals surface area contributed by atoms with Crippen molar-refractivity contribution in [2.45, 2.75) is 38.3 Å². The van der Waals surface area contributed by atoms with Crippen LogP contribution in [0.3, 0.4) is 0 Å². The number of alkyl halides is 3. The van der Waals surface area contributed by atoms with E-state index in [1.54, 1.807) is 13.0 Å². The lowest BCUT2D eigenvalue weighted by molar-refractivity contribution is -0.136. The quantitative estimate of drug-likeness (QED) is 0.503. The number of hydrogen-bond donors (Lipinski definition) is 2. The van der Waals surface area contributed by atoms with Gasteiger partial charge >= 0.3 is 6.18 Å². The highest BCUT2D eigenvalue weighted by atomic mass is 32.2. The van der Waals surface area contributed by atoms with Gasteiger partial charge in [0.15, 0.2) is 5.01 Å². The van der Waals surface area contributed by atoms with Crippen molar-refractivity contribution in [2.24, 2.45) is 5.14 Å². The van der Waals surface area contributed by atoms with Crippen molar-refractivity contribution in [3.05, 3.63) is 34.9 Å². The number of primary sulfonamides is 1. The van der Waals surface area contributed by atoms with Crippen LogP contribution in [0.2, 0.25) is 0 Å². The van der Waals surface area contributed by atoms with Gasteiger partial charge in [-0.25, -0.2) is 18.5 Å². The van der Waals surface area contributed by atoms with Gasteiger partial charge in [-0.15, -0.1) is 10.2 Å². The second-order valence-corrected chi connectivity index (χ2v) is 10.3. The molecule has 1 saturated carbocycles. The third kappa shape index (κ3) is 5.13. The predicted octanol–water partition coefficient (Wildman–Crippen LogP) is 4.05. The van der Waals surface area contributed by atoms with Gasteiger partial charge in [0.25, 0.3) is 0 Å². The summed E-state index contributed by atoms with van der Waals surface area (Å²) in [7, 11) is -3.54. The van der Waals surface area contributed by atoms with E-state index in [9.17, 15) is 21.6 Å². The van der Waals surface area contributed by atoms with Crippen molar-refractivity contribution in [1.29, 1.82) is 0 Å². The van der Waals surface area contributed by atoms with Gasteiger partial charge in [0.05, 0.1) is 16.8 Å². The summed E-state index contributed by atoms with van der Waals surface area (Å²) >= 11 is 1.13. The van der Waals surface area contributed by atoms with Crippen molar-refractivity contribution in [3.63, 3.8) is 0 Å². The molecule has 0 aliphatic heterocycles. The van der Waals surface area contributed by atoms with E-state index in [4.69, 9.17) is 5.14 Å². The van der Waals surface area contributed by atoms with Gasteiger partial charge in [-0.2, -0.15) is 13.2 Å². The van der Waals surface area contributed by atoms with Crippen LogP contribution < -0.4 is 10.5 Å². The zero-order valence-electron chi connectivity index (χ0n) is 16.5. The number of nitrogens with two attached hydrogens (primary N) is 1. The monoisotopic (exact) mass is 471 g/mol. The Morgan fingerprint density at radius 2 is 1.97 bits per heavy atom. The number of sulfonamides is 1. The molecule has 31 heavy (non-hydrogen) atoms. The zero-order valence-corrected chi connectivity index (χ0v) is 18.2. The van der Waals surface area contributed by atoms with Crippen LogP contribution in [0.5, 0.6) is 0 Å². The molecule has 3 aromatic rings. The largest absolute Gasteiger partial charge is 0.418 e. The van der Waals surface area contributed by atoms with Crippen molar-refractivity contribution in [3.8, 4) is 10.7 Å². The molecule has 2 aromatic heterocycles. The van der Waals surface area contributed by atoms with E-state index < -0.39 is 21.8 Å². The lowest BCUT2D eigenvalue weighted by atomic mass is 9.98. The van der Waals surface area contributed by atoms with Crippen molar-refractivity contribution in [2.75, 3.05) is 17.6 Å². The van der Waals surface area contributed by atoms with Crippen LogP contribution in [0.1, 0.15) is 41.9 Å². The van der Waals surface area contributed by atoms with Crippen LogP contribution in [0.25, 0.3) is 21.6 Å². The lowest BCUT2D eigenvalue weighted by Crippen LogP contribution is -2.18. The number of pyridine rings is 1. The molecule has 12 heteroatoms. The highest BCUT2D eigenvalue weighted by Crippen LogP contribution is 2.45. The molecule has 1 aromatic carbocycles. The molecule has 1 aliphatic rings. The Labute approximate surface area is 180 Å². The lowest BCUT2D eigenvalue weighted by Gasteiger charge is -2.14. The van der Waals surface area contributed by atoms with Gasteiger partial charge in [0.1, 0.15) is 5.69 Å². The maximum atomic E-state index is 13.8. The van der Waals surface area contributed by atoms with Crippen LogP contribution in [0.4, 0.5) is 18.3 Å². The van der Waals surface area contributed by atoms with Gasteiger partial charge in [-0.05, 0) is 61.4 Å². The molecule has 0 amide bonds. The molecule has 166 valence electrons. The molecule has 0 saturated heterocycles. The van der Waals surface area contributed by atoms with E-state index in [1.165, 1.54) is 6.07 Å². The Hall–Kier alpha value is -2.31. The minimum absolute atomic E-state index is 0.0928. The number of nitrogens with one attached hydrogen (secondary N) is 1. The first kappa shape index (κ1) is 21.9. The number of halogens is 3. The SMILES string of the molecule is Cc1cc(-c2nnc(NCCCS(N)(=O)=O)s2)nc2c(C(F)(F)F)cc(C3CC3)cc12. The van der Waals surface area contributed by atoms with Gasteiger partial charge in [0, 0.05) is 11.9 Å². The predicted molar refractivity (Wildman–Crippen MR) is 113 cm³/mol. The summed E-state index contributed by atoms with van der Waals surface area (Å²) in [6, 6.07) is 4.74. The molecule has 7 nitrogen and oxygen atoms in total. The summed E-state index contributed by atoms with van der Waals surface area (Å²) in [6.07, 6.45) is -2.41. The number of aromatic nitrogens is 3. The van der Waals surface area contributed by atoms with Gasteiger partial charge in [-0.1, -0.05) is 11.3 Å². The summed E-state index contributed by atoms with van der Waals surface area (Å²) in [5.41, 5.74) is 0.877. The number of fused-ring (bicyclic) bond motifs is 1. The third-order valence-corrected chi connectivity index (χ3v) is 6.78. The fraction of sp³-hybridized carbons (Fsp3) is 0.421. The molecule has 0 spiro atoms. The Morgan fingerprint density at radius 1 is 1.23 bits per heavy atom. The summed E-state index contributed by atoms with van der Waals surface area (Å²) in [4.78, 5) is 4.30. The van der Waals surface area contributed by atoms with Gasteiger partial charge in [-0.3, -0.25) is 0 Å². The summed E-state index contributed by atoms with van der Waals surface area (Å²) in [5, 5.41) is 17.2. The van der Waals surface area contributed by atoms with Crippen LogP contribution in [0.15, 0.2) is 18.2 Å². The maximum Gasteiger partial charge on any atom is 0.418 e. The van der Waals surface area contributed by atoms with Crippen LogP contribution in [-0.2, 0) is 16.2 Å². The first-order valence-corrected chi connectivity index (χ1v) is 12.2. The average Bonchev–Trinajstić information content (AvgIpc) is 3.41. The first-order chi connectivity index (χ1) is 14.5. The third-order valence-electron chi connectivity index (χ3n) is 5.02. The molecular weight excluding hydrogens is 451 g/mol. The Morgan fingerprint density at radius 3 is 2.61 bits per heavy atom. The molecule has 3 N–H and O–H groups in total. The summed E-state index contributed by atoms with van der Waals surface area (Å²) in [6.45, 7) is 2.08. The number of nitrogens with zero attached hydrogens (tertiary/aromatic N) is 3. The van der Waals surface area contributed by atoms with Gasteiger partial charge in [0.2, 0.25) is 15.2 Å². The van der Waals surface area contributed by atoms with E-state index in [1.807, 2.05) is 6.07 Å². The molecular formula is C19H20F3N5O2S2. The minimum Gasteiger partial charge on any atom is -0.360 e. The number of hydrogen-bond acceptors (Lipinski definition) is 7. The number of aryl methyl sites for hydroxylation is 1. The van der Waals surface area contributed by atoms with Gasteiger partial charge < -0.3 is 5.32 Å². The highest BCUT2D eigenvalue weighted by molar-refractivity contribution is 7.89. The zero-order chi connectivity index (χ0) is 22.4. The molecule has 2 heterocycles. The van der Waals surface area contributed by atoms with Crippen LogP contribution >= 0.6 is 11.3 Å². The molecule has 1 fully saturated rings. The second-order valence-electron chi connectivity index (χ2n) is 7.62.